The molecule has 136 valence electrons. The lowest BCUT2D eigenvalue weighted by atomic mass is 10.1. The number of benzene rings is 1. The molecule has 1 aromatic heterocycles. The number of carbonyl (C=O) groups is 2. The van der Waals surface area contributed by atoms with E-state index in [0.717, 1.165) is 23.3 Å². The van der Waals surface area contributed by atoms with Crippen molar-refractivity contribution < 1.29 is 14.0 Å². The molecule has 2 heterocycles. The molecule has 0 radical (unpaired) electrons. The van der Waals surface area contributed by atoms with Crippen LogP contribution >= 0.6 is 11.3 Å². The van der Waals surface area contributed by atoms with Crippen LogP contribution < -0.4 is 5.32 Å². The largest absolute Gasteiger partial charge is 0.339 e. The lowest BCUT2D eigenvalue weighted by Crippen LogP contribution is -2.29. The number of aromatic nitrogens is 1. The molecule has 1 aromatic carbocycles. The highest BCUT2D eigenvalue weighted by atomic mass is 32.1. The van der Waals surface area contributed by atoms with Crippen molar-refractivity contribution in [2.45, 2.75) is 38.6 Å². The van der Waals surface area contributed by atoms with E-state index < -0.39 is 0 Å². The third kappa shape index (κ3) is 3.62. The zero-order chi connectivity index (χ0) is 18.3. The smallest absolute Gasteiger partial charge is 0.231 e. The number of thiazole rings is 1. The fourth-order valence-electron chi connectivity index (χ4n) is 3.25. The van der Waals surface area contributed by atoms with Crippen molar-refractivity contribution in [1.29, 1.82) is 0 Å². The van der Waals surface area contributed by atoms with Gasteiger partial charge >= 0.3 is 0 Å². The fourth-order valence-corrected chi connectivity index (χ4v) is 4.10. The van der Waals surface area contributed by atoms with Crippen molar-refractivity contribution in [3.8, 4) is 0 Å². The standard InChI is InChI=1S/C19H20FN3O2S/c1-11-2-3-12(7-16(11)20)6-15-9-21-19(26-15)22-18(25)13-8-17(24)23(10-13)14-4-5-14/h2-3,7,9,13-14H,4-6,8,10H2,1H3,(H,21,22,25). The van der Waals surface area contributed by atoms with Gasteiger partial charge in [0.1, 0.15) is 5.82 Å². The van der Waals surface area contributed by atoms with Crippen LogP contribution in [0.25, 0.3) is 0 Å². The summed E-state index contributed by atoms with van der Waals surface area (Å²) in [5.41, 5.74) is 1.49. The quantitative estimate of drug-likeness (QED) is 0.876. The minimum Gasteiger partial charge on any atom is -0.339 e. The molecule has 1 atom stereocenters. The Labute approximate surface area is 155 Å². The van der Waals surface area contributed by atoms with Crippen LogP contribution in [0.4, 0.5) is 9.52 Å². The van der Waals surface area contributed by atoms with Gasteiger partial charge in [0.2, 0.25) is 11.8 Å². The number of anilines is 1. The van der Waals surface area contributed by atoms with Gasteiger partial charge in [0, 0.05) is 36.5 Å². The van der Waals surface area contributed by atoms with E-state index in [4.69, 9.17) is 0 Å². The lowest BCUT2D eigenvalue weighted by Gasteiger charge is -2.14. The SMILES string of the molecule is Cc1ccc(Cc2cnc(NC(=O)C3CC(=O)N(C4CC4)C3)s2)cc1F. The van der Waals surface area contributed by atoms with E-state index in [1.807, 2.05) is 11.0 Å². The second-order valence-electron chi connectivity index (χ2n) is 7.06. The molecule has 1 aliphatic carbocycles. The number of hydrogen-bond acceptors (Lipinski definition) is 4. The first-order chi connectivity index (χ1) is 12.5. The van der Waals surface area contributed by atoms with Crippen LogP contribution in [0.5, 0.6) is 0 Å². The number of amides is 2. The van der Waals surface area contributed by atoms with Gasteiger partial charge < -0.3 is 10.2 Å². The molecular formula is C19H20FN3O2S. The second-order valence-corrected chi connectivity index (χ2v) is 8.17. The molecule has 2 amide bonds. The van der Waals surface area contributed by atoms with E-state index in [9.17, 15) is 14.0 Å². The summed E-state index contributed by atoms with van der Waals surface area (Å²) in [4.78, 5) is 31.4. The molecule has 1 N–H and O–H groups in total. The van der Waals surface area contributed by atoms with Crippen molar-refractivity contribution in [2.75, 3.05) is 11.9 Å². The summed E-state index contributed by atoms with van der Waals surface area (Å²) in [6.07, 6.45) is 4.66. The first-order valence-electron chi connectivity index (χ1n) is 8.79. The van der Waals surface area contributed by atoms with Crippen molar-refractivity contribution >= 4 is 28.3 Å². The van der Waals surface area contributed by atoms with E-state index in [1.54, 1.807) is 19.2 Å². The summed E-state index contributed by atoms with van der Waals surface area (Å²) < 4.78 is 13.7. The van der Waals surface area contributed by atoms with Gasteiger partial charge in [-0.3, -0.25) is 9.59 Å². The molecule has 4 rings (SSSR count). The topological polar surface area (TPSA) is 62.3 Å². The predicted molar refractivity (Wildman–Crippen MR) is 97.5 cm³/mol. The minimum absolute atomic E-state index is 0.0777. The van der Waals surface area contributed by atoms with Crippen LogP contribution in [0.15, 0.2) is 24.4 Å². The molecule has 2 aromatic rings. The van der Waals surface area contributed by atoms with Crippen LogP contribution in [0.2, 0.25) is 0 Å². The summed E-state index contributed by atoms with van der Waals surface area (Å²) >= 11 is 1.38. The maximum atomic E-state index is 13.7. The van der Waals surface area contributed by atoms with Crippen LogP contribution in [0.1, 0.15) is 35.3 Å². The van der Waals surface area contributed by atoms with Gasteiger partial charge in [0.25, 0.3) is 0 Å². The van der Waals surface area contributed by atoms with Crippen molar-refractivity contribution in [1.82, 2.24) is 9.88 Å². The van der Waals surface area contributed by atoms with Crippen LogP contribution in [-0.4, -0.2) is 34.3 Å². The maximum absolute atomic E-state index is 13.7. The molecule has 0 bridgehead atoms. The monoisotopic (exact) mass is 373 g/mol. The Morgan fingerprint density at radius 1 is 1.42 bits per heavy atom. The summed E-state index contributed by atoms with van der Waals surface area (Å²) in [5.74, 6) is -0.592. The lowest BCUT2D eigenvalue weighted by molar-refractivity contribution is -0.128. The maximum Gasteiger partial charge on any atom is 0.231 e. The Balaban J connectivity index is 1.36. The number of hydrogen-bond donors (Lipinski definition) is 1. The Morgan fingerprint density at radius 2 is 2.23 bits per heavy atom. The van der Waals surface area contributed by atoms with Crippen molar-refractivity contribution in [2.24, 2.45) is 5.92 Å². The van der Waals surface area contributed by atoms with Gasteiger partial charge in [-0.2, -0.15) is 0 Å². The molecule has 2 fully saturated rings. The molecule has 1 unspecified atom stereocenters. The average Bonchev–Trinajstić information content (AvgIpc) is 3.23. The Hall–Kier alpha value is -2.28. The number of carbonyl (C=O) groups excluding carboxylic acids is 2. The molecule has 2 aliphatic rings. The molecule has 1 saturated heterocycles. The molecule has 26 heavy (non-hydrogen) atoms. The van der Waals surface area contributed by atoms with Gasteiger partial charge in [-0.05, 0) is 37.0 Å². The number of nitrogens with one attached hydrogen (secondary N) is 1. The van der Waals surface area contributed by atoms with Gasteiger partial charge in [0.05, 0.1) is 5.92 Å². The Morgan fingerprint density at radius 3 is 2.96 bits per heavy atom. The fraction of sp³-hybridized carbons (Fsp3) is 0.421. The number of rotatable bonds is 5. The molecule has 0 spiro atoms. The van der Waals surface area contributed by atoms with Gasteiger partial charge in [-0.25, -0.2) is 9.37 Å². The number of halogens is 1. The molecular weight excluding hydrogens is 353 g/mol. The zero-order valence-corrected chi connectivity index (χ0v) is 15.3. The third-order valence-corrected chi connectivity index (χ3v) is 5.83. The van der Waals surface area contributed by atoms with Gasteiger partial charge in [-0.15, -0.1) is 11.3 Å². The normalized spacial score (nSPS) is 19.8. The summed E-state index contributed by atoms with van der Waals surface area (Å²) in [7, 11) is 0. The number of nitrogens with zero attached hydrogens (tertiary/aromatic N) is 2. The summed E-state index contributed by atoms with van der Waals surface area (Å²) in [6, 6.07) is 5.54. The first kappa shape index (κ1) is 17.1. The number of aryl methyl sites for hydroxylation is 1. The van der Waals surface area contributed by atoms with E-state index in [2.05, 4.69) is 10.3 Å². The van der Waals surface area contributed by atoms with Crippen molar-refractivity contribution in [3.05, 3.63) is 46.2 Å². The molecule has 7 heteroatoms. The number of likely N-dealkylation sites (tertiary alicyclic amines) is 1. The zero-order valence-electron chi connectivity index (χ0n) is 14.5. The predicted octanol–water partition coefficient (Wildman–Crippen LogP) is 3.13. The molecule has 1 saturated carbocycles. The van der Waals surface area contributed by atoms with E-state index in [0.29, 0.717) is 29.7 Å². The van der Waals surface area contributed by atoms with Gasteiger partial charge in [0.15, 0.2) is 5.13 Å². The highest BCUT2D eigenvalue weighted by Crippen LogP contribution is 2.33. The Bertz CT molecular complexity index is 862. The highest BCUT2D eigenvalue weighted by Gasteiger charge is 2.41. The van der Waals surface area contributed by atoms with Crippen LogP contribution in [-0.2, 0) is 16.0 Å². The summed E-state index contributed by atoms with van der Waals surface area (Å²) in [5, 5.41) is 3.35. The van der Waals surface area contributed by atoms with Crippen molar-refractivity contribution in [3.63, 3.8) is 0 Å². The highest BCUT2D eigenvalue weighted by molar-refractivity contribution is 7.15. The van der Waals surface area contributed by atoms with Gasteiger partial charge in [-0.1, -0.05) is 12.1 Å². The molecule has 1 aliphatic heterocycles. The van der Waals surface area contributed by atoms with Crippen LogP contribution in [0.3, 0.4) is 0 Å². The van der Waals surface area contributed by atoms with E-state index in [1.165, 1.54) is 17.4 Å². The summed E-state index contributed by atoms with van der Waals surface area (Å²) in [6.45, 7) is 2.24. The average molecular weight is 373 g/mol. The van der Waals surface area contributed by atoms with E-state index in [-0.39, 0.29) is 30.0 Å². The molecule has 5 nitrogen and oxygen atoms in total. The van der Waals surface area contributed by atoms with Crippen LogP contribution in [0, 0.1) is 18.7 Å². The van der Waals surface area contributed by atoms with E-state index >= 15 is 0 Å². The third-order valence-electron chi connectivity index (χ3n) is 4.92. The first-order valence-corrected chi connectivity index (χ1v) is 9.61. The minimum atomic E-state index is -0.304. The second kappa shape index (κ2) is 6.79. The Kier molecular flexibility index (Phi) is 4.48.